The number of carbonyl (C=O) groups excluding carboxylic acids is 1. The molecule has 1 aromatic carbocycles. The van der Waals surface area contributed by atoms with Crippen molar-refractivity contribution in [1.82, 2.24) is 5.32 Å². The molecule has 1 saturated carbocycles. The second kappa shape index (κ2) is 8.34. The van der Waals surface area contributed by atoms with Gasteiger partial charge in [-0.2, -0.15) is 0 Å². The van der Waals surface area contributed by atoms with Crippen LogP contribution in [0.3, 0.4) is 0 Å². The molecule has 2 aliphatic carbocycles. The number of Topliss-reactive ketones (excluding diaryl/α,β-unsaturated/α-hetero) is 1. The summed E-state index contributed by atoms with van der Waals surface area (Å²) in [6, 6.07) is 4.23. The molecule has 1 fully saturated rings. The summed E-state index contributed by atoms with van der Waals surface area (Å²) in [7, 11) is 1.81. The van der Waals surface area contributed by atoms with E-state index in [2.05, 4.69) is 38.2 Å². The number of aliphatic hydroxyl groups is 1. The van der Waals surface area contributed by atoms with Crippen molar-refractivity contribution in [2.75, 3.05) is 20.2 Å². The first-order chi connectivity index (χ1) is 14.6. The summed E-state index contributed by atoms with van der Waals surface area (Å²) in [4.78, 5) is 15.5. The number of aliphatic hydroxyl groups excluding tert-OH is 1. The van der Waals surface area contributed by atoms with E-state index >= 15 is 0 Å². The lowest BCUT2D eigenvalue weighted by molar-refractivity contribution is 0.0985. The molecule has 1 heterocycles. The lowest BCUT2D eigenvalue weighted by Gasteiger charge is -2.16. The summed E-state index contributed by atoms with van der Waals surface area (Å²) < 4.78 is 5.86. The summed E-state index contributed by atoms with van der Waals surface area (Å²) in [5, 5.41) is 12.8. The van der Waals surface area contributed by atoms with Crippen LogP contribution in [0.15, 0.2) is 12.1 Å². The molecule has 1 aromatic heterocycles. The third-order valence-electron chi connectivity index (χ3n) is 7.29. The van der Waals surface area contributed by atoms with Crippen LogP contribution in [0.5, 0.6) is 5.75 Å². The molecule has 0 amide bonds. The van der Waals surface area contributed by atoms with Gasteiger partial charge in [-0.15, -0.1) is 11.3 Å². The predicted octanol–water partition coefficient (Wildman–Crippen LogP) is 4.74. The zero-order chi connectivity index (χ0) is 22.5. The fourth-order valence-electron chi connectivity index (χ4n) is 5.61. The number of ether oxygens (including phenoxy) is 1. The Bertz CT molecular complexity index is 983. The summed E-state index contributed by atoms with van der Waals surface area (Å²) >= 11 is 1.71. The van der Waals surface area contributed by atoms with Gasteiger partial charge in [0.2, 0.25) is 0 Å². The third-order valence-corrected chi connectivity index (χ3v) is 8.50. The van der Waals surface area contributed by atoms with Crippen molar-refractivity contribution in [3.63, 3.8) is 0 Å². The van der Waals surface area contributed by atoms with Gasteiger partial charge in [-0.1, -0.05) is 26.0 Å². The molecule has 2 aromatic rings. The van der Waals surface area contributed by atoms with E-state index in [1.54, 1.807) is 11.3 Å². The van der Waals surface area contributed by atoms with E-state index in [9.17, 15) is 9.90 Å². The van der Waals surface area contributed by atoms with Crippen molar-refractivity contribution in [2.24, 2.45) is 11.3 Å². The highest BCUT2D eigenvalue weighted by molar-refractivity contribution is 7.14. The Morgan fingerprint density at radius 1 is 1.29 bits per heavy atom. The molecule has 0 saturated heterocycles. The number of benzene rings is 1. The molecule has 0 aliphatic heterocycles. The molecule has 3 atom stereocenters. The number of fused-ring (bicyclic) bond motifs is 3. The van der Waals surface area contributed by atoms with Gasteiger partial charge in [-0.25, -0.2) is 0 Å². The van der Waals surface area contributed by atoms with Crippen LogP contribution in [-0.4, -0.2) is 37.2 Å². The van der Waals surface area contributed by atoms with Crippen molar-refractivity contribution >= 4 is 17.1 Å². The van der Waals surface area contributed by atoms with Gasteiger partial charge < -0.3 is 15.2 Å². The van der Waals surface area contributed by atoms with Crippen LogP contribution in [0.4, 0.5) is 0 Å². The number of carbonyl (C=O) groups is 1. The van der Waals surface area contributed by atoms with Crippen LogP contribution in [0, 0.1) is 32.1 Å². The highest BCUT2D eigenvalue weighted by atomic mass is 32.1. The Morgan fingerprint density at radius 3 is 2.61 bits per heavy atom. The monoisotopic (exact) mass is 441 g/mol. The second-order valence-electron chi connectivity index (χ2n) is 9.99. The first kappa shape index (κ1) is 22.5. The van der Waals surface area contributed by atoms with Crippen molar-refractivity contribution in [3.8, 4) is 5.75 Å². The van der Waals surface area contributed by atoms with Gasteiger partial charge in [0, 0.05) is 17.8 Å². The molecular weight excluding hydrogens is 406 g/mol. The Kier molecular flexibility index (Phi) is 6.06. The second-order valence-corrected chi connectivity index (χ2v) is 11.2. The minimum atomic E-state index is -0.534. The Labute approximate surface area is 190 Å². The molecule has 4 rings (SSSR count). The van der Waals surface area contributed by atoms with E-state index in [-0.39, 0.29) is 6.61 Å². The Hall–Kier alpha value is -1.69. The fraction of sp³-hybridized carbons (Fsp3) is 0.577. The van der Waals surface area contributed by atoms with Crippen LogP contribution in [0.2, 0.25) is 0 Å². The van der Waals surface area contributed by atoms with Gasteiger partial charge in [0.25, 0.3) is 0 Å². The molecule has 0 bridgehead atoms. The normalized spacial score (nSPS) is 21.5. The van der Waals surface area contributed by atoms with Gasteiger partial charge in [-0.3, -0.25) is 4.79 Å². The smallest absolute Gasteiger partial charge is 0.173 e. The fourth-order valence-corrected chi connectivity index (χ4v) is 6.81. The Balaban J connectivity index is 1.41. The quantitative estimate of drug-likeness (QED) is 0.552. The highest BCUT2D eigenvalue weighted by Crippen LogP contribution is 2.71. The number of nitrogens with one attached hydrogen (secondary N) is 1. The molecule has 0 spiro atoms. The number of thiophene rings is 1. The predicted molar refractivity (Wildman–Crippen MR) is 127 cm³/mol. The van der Waals surface area contributed by atoms with E-state index in [0.717, 1.165) is 40.5 Å². The molecule has 4 nitrogen and oxygen atoms in total. The van der Waals surface area contributed by atoms with Crippen LogP contribution >= 0.6 is 11.3 Å². The van der Waals surface area contributed by atoms with Crippen LogP contribution in [0.1, 0.15) is 68.6 Å². The molecule has 168 valence electrons. The van der Waals surface area contributed by atoms with Gasteiger partial charge in [0.1, 0.15) is 18.5 Å². The van der Waals surface area contributed by atoms with Crippen molar-refractivity contribution in [3.05, 3.63) is 49.7 Å². The topological polar surface area (TPSA) is 58.6 Å². The summed E-state index contributed by atoms with van der Waals surface area (Å²) in [5.74, 6) is 2.53. The minimum Gasteiger partial charge on any atom is -0.490 e. The third kappa shape index (κ3) is 4.08. The highest BCUT2D eigenvalue weighted by Gasteiger charge is 2.63. The van der Waals surface area contributed by atoms with E-state index in [1.165, 1.54) is 21.6 Å². The first-order valence-corrected chi connectivity index (χ1v) is 12.2. The van der Waals surface area contributed by atoms with Gasteiger partial charge in [-0.05, 0) is 85.7 Å². The summed E-state index contributed by atoms with van der Waals surface area (Å²) in [5.41, 5.74) is 6.54. The largest absolute Gasteiger partial charge is 0.490 e. The molecule has 2 N–H and O–H groups in total. The van der Waals surface area contributed by atoms with Crippen molar-refractivity contribution in [1.29, 1.82) is 0 Å². The molecule has 1 unspecified atom stereocenters. The molecule has 31 heavy (non-hydrogen) atoms. The lowest BCUT2D eigenvalue weighted by atomic mass is 9.93. The first-order valence-electron chi connectivity index (χ1n) is 11.4. The van der Waals surface area contributed by atoms with E-state index in [4.69, 9.17) is 4.74 Å². The van der Waals surface area contributed by atoms with Gasteiger partial charge >= 0.3 is 0 Å². The van der Waals surface area contributed by atoms with Gasteiger partial charge in [0.05, 0.1) is 4.88 Å². The maximum atomic E-state index is 13.1. The van der Waals surface area contributed by atoms with E-state index < -0.39 is 6.10 Å². The lowest BCUT2D eigenvalue weighted by Crippen LogP contribution is -2.29. The van der Waals surface area contributed by atoms with Crippen molar-refractivity contribution in [2.45, 2.75) is 65.9 Å². The average Bonchev–Trinajstić information content (AvgIpc) is 3.02. The van der Waals surface area contributed by atoms with Crippen LogP contribution in [-0.2, 0) is 12.8 Å². The molecule has 0 radical (unpaired) electrons. The van der Waals surface area contributed by atoms with Crippen molar-refractivity contribution < 1.29 is 14.6 Å². The molecule has 2 aliphatic rings. The maximum Gasteiger partial charge on any atom is 0.173 e. The molecule has 5 heteroatoms. The van der Waals surface area contributed by atoms with E-state index in [1.807, 2.05) is 20.9 Å². The number of aryl methyl sites for hydroxylation is 4. The van der Waals surface area contributed by atoms with E-state index in [0.29, 0.717) is 30.1 Å². The van der Waals surface area contributed by atoms with Crippen LogP contribution < -0.4 is 10.1 Å². The number of hydrogen-bond donors (Lipinski definition) is 2. The van der Waals surface area contributed by atoms with Gasteiger partial charge in [0.15, 0.2) is 5.78 Å². The average molecular weight is 442 g/mol. The maximum absolute atomic E-state index is 13.1. The SMILES string of the molecule is CNCC(O)COc1c(C)cc(CCC(=O)c2sc(C)c3c2C[C@@H]2[C@H]3C2(C)C)cc1C. The summed E-state index contributed by atoms with van der Waals surface area (Å²) in [6.07, 6.45) is 1.84. The standard InChI is InChI=1S/C26H35NO3S/c1-14-9-17(10-15(2)24(14)30-13-18(28)12-27-6)7-8-21(29)25-19-11-20-23(26(20,4)5)22(19)16(3)31-25/h9-10,18,20,23,27-28H,7-8,11-13H2,1-6H3/t18?,20-,23-/m1/s1. The number of rotatable bonds is 9. The summed E-state index contributed by atoms with van der Waals surface area (Å²) in [6.45, 7) is 11.7. The zero-order valence-corrected chi connectivity index (χ0v) is 20.4. The molecular formula is C26H35NO3S. The number of hydrogen-bond acceptors (Lipinski definition) is 5. The van der Waals surface area contributed by atoms with Crippen LogP contribution in [0.25, 0.3) is 0 Å². The zero-order valence-electron chi connectivity index (χ0n) is 19.6. The Morgan fingerprint density at radius 2 is 1.97 bits per heavy atom. The number of ketones is 1. The number of likely N-dealkylation sites (N-methyl/N-ethyl adjacent to an activating group) is 1. The minimum absolute atomic E-state index is 0.266.